The molecule has 0 fully saturated rings. The van der Waals surface area contributed by atoms with E-state index in [1.54, 1.807) is 0 Å². The summed E-state index contributed by atoms with van der Waals surface area (Å²) in [6.07, 6.45) is 0.108. The van der Waals surface area contributed by atoms with E-state index in [4.69, 9.17) is 11.6 Å². The highest BCUT2D eigenvalue weighted by atomic mass is 35.5. The minimum Gasteiger partial charge on any atom is -0.468 e. The summed E-state index contributed by atoms with van der Waals surface area (Å²) in [6, 6.07) is 3.80. The Morgan fingerprint density at radius 2 is 1.94 bits per heavy atom. The molecule has 0 saturated heterocycles. The molecule has 0 amide bonds. The average Bonchev–Trinajstić information content (AvgIpc) is 2.25. The van der Waals surface area contributed by atoms with Gasteiger partial charge in [0.25, 0.3) is 0 Å². The molecule has 0 atom stereocenters. The average molecular weight is 237 g/mol. The number of benzene rings is 1. The standard InChI is InChI=1S/C13H13ClO2/c1-9-7-11(8-10(2)13(9)14)5-4-6-12(15)16-3/h7-8H,6H2,1-3H3. The van der Waals surface area contributed by atoms with Crippen LogP contribution in [-0.2, 0) is 9.53 Å². The van der Waals surface area contributed by atoms with Gasteiger partial charge in [0, 0.05) is 10.6 Å². The van der Waals surface area contributed by atoms with E-state index in [0.29, 0.717) is 0 Å². The van der Waals surface area contributed by atoms with Crippen molar-refractivity contribution in [3.63, 3.8) is 0 Å². The number of carbonyl (C=O) groups is 1. The predicted octanol–water partition coefficient (Wildman–Crippen LogP) is 2.87. The minimum absolute atomic E-state index is 0.108. The zero-order valence-corrected chi connectivity index (χ0v) is 10.3. The maximum absolute atomic E-state index is 10.8. The fraction of sp³-hybridized carbons (Fsp3) is 0.308. The summed E-state index contributed by atoms with van der Waals surface area (Å²) in [5, 5.41) is 0.763. The number of esters is 1. The lowest BCUT2D eigenvalue weighted by atomic mass is 10.1. The number of methoxy groups -OCH3 is 1. The van der Waals surface area contributed by atoms with Crippen LogP contribution in [-0.4, -0.2) is 13.1 Å². The summed E-state index contributed by atoms with van der Waals surface area (Å²) in [5.74, 6) is 5.34. The molecule has 84 valence electrons. The molecule has 0 spiro atoms. The van der Waals surface area contributed by atoms with Crippen molar-refractivity contribution in [3.05, 3.63) is 33.8 Å². The molecule has 0 heterocycles. The van der Waals surface area contributed by atoms with Crippen LogP contribution in [0.4, 0.5) is 0 Å². The van der Waals surface area contributed by atoms with Gasteiger partial charge in [0.15, 0.2) is 0 Å². The number of aryl methyl sites for hydroxylation is 2. The van der Waals surface area contributed by atoms with Gasteiger partial charge in [-0.3, -0.25) is 4.79 Å². The lowest BCUT2D eigenvalue weighted by Gasteiger charge is -2.02. The van der Waals surface area contributed by atoms with E-state index in [1.165, 1.54) is 7.11 Å². The molecule has 0 aliphatic carbocycles. The molecule has 0 aliphatic heterocycles. The molecule has 1 rings (SSSR count). The van der Waals surface area contributed by atoms with Crippen molar-refractivity contribution in [1.82, 2.24) is 0 Å². The Balaban J connectivity index is 2.86. The van der Waals surface area contributed by atoms with Crippen molar-refractivity contribution in [3.8, 4) is 11.8 Å². The first-order chi connectivity index (χ1) is 7.54. The van der Waals surface area contributed by atoms with E-state index in [1.807, 2.05) is 26.0 Å². The van der Waals surface area contributed by atoms with Gasteiger partial charge < -0.3 is 4.74 Å². The highest BCUT2D eigenvalue weighted by Gasteiger charge is 2.00. The van der Waals surface area contributed by atoms with Crippen LogP contribution >= 0.6 is 11.6 Å². The zero-order valence-electron chi connectivity index (χ0n) is 9.56. The maximum atomic E-state index is 10.8. The Morgan fingerprint density at radius 1 is 1.38 bits per heavy atom. The topological polar surface area (TPSA) is 26.3 Å². The number of hydrogen-bond donors (Lipinski definition) is 0. The van der Waals surface area contributed by atoms with E-state index in [9.17, 15) is 4.79 Å². The third kappa shape index (κ3) is 3.29. The van der Waals surface area contributed by atoms with Crippen LogP contribution in [0.2, 0.25) is 5.02 Å². The normalized spacial score (nSPS) is 9.25. The van der Waals surface area contributed by atoms with Crippen molar-refractivity contribution in [1.29, 1.82) is 0 Å². The van der Waals surface area contributed by atoms with Crippen molar-refractivity contribution in [2.24, 2.45) is 0 Å². The SMILES string of the molecule is COC(=O)CC#Cc1cc(C)c(Cl)c(C)c1. The molecule has 0 aliphatic rings. The summed E-state index contributed by atoms with van der Waals surface area (Å²) >= 11 is 6.03. The fourth-order valence-electron chi connectivity index (χ4n) is 1.31. The van der Waals surface area contributed by atoms with Gasteiger partial charge in [0.1, 0.15) is 6.42 Å². The second-order valence-electron chi connectivity index (χ2n) is 3.48. The monoisotopic (exact) mass is 236 g/mol. The van der Waals surface area contributed by atoms with Crippen LogP contribution in [0.1, 0.15) is 23.1 Å². The highest BCUT2D eigenvalue weighted by Crippen LogP contribution is 2.21. The Morgan fingerprint density at radius 3 is 2.44 bits per heavy atom. The van der Waals surface area contributed by atoms with Crippen LogP contribution in [0, 0.1) is 25.7 Å². The zero-order chi connectivity index (χ0) is 12.1. The van der Waals surface area contributed by atoms with E-state index in [2.05, 4.69) is 16.6 Å². The number of carbonyl (C=O) groups excluding carboxylic acids is 1. The molecule has 0 radical (unpaired) electrons. The largest absolute Gasteiger partial charge is 0.468 e. The van der Waals surface area contributed by atoms with E-state index >= 15 is 0 Å². The first-order valence-corrected chi connectivity index (χ1v) is 5.25. The number of hydrogen-bond acceptors (Lipinski definition) is 2. The third-order valence-electron chi connectivity index (χ3n) is 2.13. The Bertz CT molecular complexity index is 444. The molecule has 2 nitrogen and oxygen atoms in total. The van der Waals surface area contributed by atoms with Crippen LogP contribution in [0.15, 0.2) is 12.1 Å². The van der Waals surface area contributed by atoms with Crippen molar-refractivity contribution in [2.75, 3.05) is 7.11 Å². The second kappa shape index (κ2) is 5.58. The molecule has 16 heavy (non-hydrogen) atoms. The number of rotatable bonds is 1. The number of ether oxygens (including phenoxy) is 1. The first-order valence-electron chi connectivity index (χ1n) is 4.87. The Kier molecular flexibility index (Phi) is 4.39. The van der Waals surface area contributed by atoms with Crippen LogP contribution in [0.5, 0.6) is 0 Å². The van der Waals surface area contributed by atoms with Gasteiger partial charge in [0.05, 0.1) is 7.11 Å². The predicted molar refractivity (Wildman–Crippen MR) is 64.4 cm³/mol. The molecule has 1 aromatic carbocycles. The van der Waals surface area contributed by atoms with Crippen molar-refractivity contribution >= 4 is 17.6 Å². The molecule has 1 aromatic rings. The molecular weight excluding hydrogens is 224 g/mol. The second-order valence-corrected chi connectivity index (χ2v) is 3.86. The van der Waals surface area contributed by atoms with Crippen LogP contribution < -0.4 is 0 Å². The van der Waals surface area contributed by atoms with Gasteiger partial charge in [-0.05, 0) is 37.1 Å². The molecule has 0 N–H and O–H groups in total. The quantitative estimate of drug-likeness (QED) is 0.554. The highest BCUT2D eigenvalue weighted by molar-refractivity contribution is 6.32. The summed E-state index contributed by atoms with van der Waals surface area (Å²) in [4.78, 5) is 10.8. The number of halogens is 1. The van der Waals surface area contributed by atoms with Gasteiger partial charge in [-0.1, -0.05) is 23.4 Å². The fourth-order valence-corrected chi connectivity index (χ4v) is 1.42. The van der Waals surface area contributed by atoms with Gasteiger partial charge in [0.2, 0.25) is 0 Å². The summed E-state index contributed by atoms with van der Waals surface area (Å²) in [6.45, 7) is 3.86. The van der Waals surface area contributed by atoms with Crippen LogP contribution in [0.3, 0.4) is 0 Å². The van der Waals surface area contributed by atoms with E-state index in [-0.39, 0.29) is 12.4 Å². The molecule has 3 heteroatoms. The summed E-state index contributed by atoms with van der Waals surface area (Å²) < 4.78 is 4.49. The van der Waals surface area contributed by atoms with Gasteiger partial charge in [-0.2, -0.15) is 0 Å². The third-order valence-corrected chi connectivity index (χ3v) is 2.73. The van der Waals surface area contributed by atoms with E-state index < -0.39 is 0 Å². The molecule has 0 unspecified atom stereocenters. The summed E-state index contributed by atoms with van der Waals surface area (Å²) in [5.41, 5.74) is 2.84. The van der Waals surface area contributed by atoms with Crippen LogP contribution in [0.25, 0.3) is 0 Å². The minimum atomic E-state index is -0.324. The smallest absolute Gasteiger partial charge is 0.317 e. The Hall–Kier alpha value is -1.46. The molecular formula is C13H13ClO2. The maximum Gasteiger partial charge on any atom is 0.317 e. The summed E-state index contributed by atoms with van der Waals surface area (Å²) in [7, 11) is 1.35. The molecule has 0 saturated carbocycles. The van der Waals surface area contributed by atoms with E-state index in [0.717, 1.165) is 21.7 Å². The first kappa shape index (κ1) is 12.6. The lowest BCUT2D eigenvalue weighted by molar-refractivity contribution is -0.139. The van der Waals surface area contributed by atoms with Gasteiger partial charge >= 0.3 is 5.97 Å². The molecule has 0 bridgehead atoms. The Labute approximate surface area is 101 Å². The van der Waals surface area contributed by atoms with Crippen molar-refractivity contribution in [2.45, 2.75) is 20.3 Å². The molecule has 0 aromatic heterocycles. The van der Waals surface area contributed by atoms with Gasteiger partial charge in [-0.15, -0.1) is 0 Å². The van der Waals surface area contributed by atoms with Gasteiger partial charge in [-0.25, -0.2) is 0 Å². The lowest BCUT2D eigenvalue weighted by Crippen LogP contribution is -1.97. The van der Waals surface area contributed by atoms with Crippen molar-refractivity contribution < 1.29 is 9.53 Å².